The van der Waals surface area contributed by atoms with E-state index in [9.17, 15) is 18.0 Å². The Morgan fingerprint density at radius 1 is 0.974 bits per heavy atom. The van der Waals surface area contributed by atoms with Crippen LogP contribution in [0.1, 0.15) is 25.8 Å². The Morgan fingerprint density at radius 3 is 2.15 bits per heavy atom. The van der Waals surface area contributed by atoms with Crippen LogP contribution in [0.25, 0.3) is 0 Å². The monoisotopic (exact) mass is 591 g/mol. The maximum atomic E-state index is 13.9. The lowest BCUT2D eigenvalue weighted by atomic mass is 10.1. The molecule has 208 valence electrons. The third-order valence-electron chi connectivity index (χ3n) is 5.97. The van der Waals surface area contributed by atoms with Gasteiger partial charge in [0.05, 0.1) is 17.7 Å². The third kappa shape index (κ3) is 7.88. The number of hydrogen-bond donors (Lipinski definition) is 1. The Morgan fingerprint density at radius 2 is 1.59 bits per heavy atom. The molecule has 3 aromatic carbocycles. The fourth-order valence-corrected chi connectivity index (χ4v) is 5.77. The summed E-state index contributed by atoms with van der Waals surface area (Å²) in [4.78, 5) is 28.1. The number of amides is 2. The highest BCUT2D eigenvalue weighted by Gasteiger charge is 2.32. The van der Waals surface area contributed by atoms with Crippen LogP contribution in [-0.4, -0.2) is 51.4 Å². The summed E-state index contributed by atoms with van der Waals surface area (Å²) in [5.41, 5.74) is 0.861. The van der Waals surface area contributed by atoms with Gasteiger partial charge in [0.1, 0.15) is 18.3 Å². The van der Waals surface area contributed by atoms with Crippen LogP contribution in [0.2, 0.25) is 10.0 Å². The fourth-order valence-electron chi connectivity index (χ4n) is 3.84. The Bertz CT molecular complexity index is 1370. The van der Waals surface area contributed by atoms with Crippen molar-refractivity contribution >= 4 is 50.7 Å². The van der Waals surface area contributed by atoms with Gasteiger partial charge in [0.15, 0.2) is 0 Å². The zero-order valence-corrected chi connectivity index (χ0v) is 24.3. The van der Waals surface area contributed by atoms with Crippen molar-refractivity contribution in [2.75, 3.05) is 24.5 Å². The van der Waals surface area contributed by atoms with E-state index in [0.717, 1.165) is 16.3 Å². The molecule has 8 nitrogen and oxygen atoms in total. The number of nitrogens with one attached hydrogen (secondary N) is 1. The first kappa shape index (κ1) is 30.3. The van der Waals surface area contributed by atoms with E-state index in [-0.39, 0.29) is 33.1 Å². The molecule has 1 atom stereocenters. The molecular weight excluding hydrogens is 561 g/mol. The van der Waals surface area contributed by atoms with Crippen LogP contribution in [0.3, 0.4) is 0 Å². The predicted molar refractivity (Wildman–Crippen MR) is 154 cm³/mol. The maximum absolute atomic E-state index is 13.9. The zero-order chi connectivity index (χ0) is 28.6. The lowest BCUT2D eigenvalue weighted by Crippen LogP contribution is -2.51. The molecule has 0 fully saturated rings. The number of carbonyl (C=O) groups is 2. The van der Waals surface area contributed by atoms with Crippen LogP contribution in [0.15, 0.2) is 77.7 Å². The lowest BCUT2D eigenvalue weighted by Gasteiger charge is -2.32. The van der Waals surface area contributed by atoms with Crippen molar-refractivity contribution in [1.29, 1.82) is 0 Å². The summed E-state index contributed by atoms with van der Waals surface area (Å²) >= 11 is 12.4. The summed E-state index contributed by atoms with van der Waals surface area (Å²) in [6, 6.07) is 18.3. The number of benzene rings is 3. The average molecular weight is 593 g/mol. The molecule has 0 radical (unpaired) electrons. The topological polar surface area (TPSA) is 96.0 Å². The number of halogens is 2. The van der Waals surface area contributed by atoms with Crippen molar-refractivity contribution in [2.45, 2.75) is 37.8 Å². The van der Waals surface area contributed by atoms with Crippen LogP contribution < -0.4 is 14.4 Å². The van der Waals surface area contributed by atoms with Gasteiger partial charge in [0.2, 0.25) is 11.8 Å². The molecule has 2 amide bonds. The van der Waals surface area contributed by atoms with Crippen molar-refractivity contribution in [3.63, 3.8) is 0 Å². The van der Waals surface area contributed by atoms with Gasteiger partial charge in [0.25, 0.3) is 10.0 Å². The number of nitrogens with zero attached hydrogens (tertiary/aromatic N) is 2. The molecular formula is C28H31Cl2N3O5S. The highest BCUT2D eigenvalue weighted by molar-refractivity contribution is 7.92. The smallest absolute Gasteiger partial charge is 0.264 e. The Balaban J connectivity index is 2.03. The molecule has 3 aromatic rings. The number of rotatable bonds is 12. The summed E-state index contributed by atoms with van der Waals surface area (Å²) in [5.74, 6) is -0.286. The molecule has 1 N–H and O–H groups in total. The highest BCUT2D eigenvalue weighted by atomic mass is 35.5. The van der Waals surface area contributed by atoms with Crippen LogP contribution in [-0.2, 0) is 26.2 Å². The standard InChI is InChI=1S/C28H31Cl2N3O5S/c1-4-14-31-28(35)20(2)32(18-21-10-12-25(38-3)13-11-21)27(34)19-33(24-16-22(29)15-23(30)17-24)39(36,37)26-8-6-5-7-9-26/h5-13,15-17,20H,4,14,18-19H2,1-3H3,(H,31,35)/t20-/m0/s1. The largest absolute Gasteiger partial charge is 0.497 e. The second-order valence-corrected chi connectivity index (χ2v) is 11.5. The SMILES string of the molecule is CCCNC(=O)[C@H](C)N(Cc1ccc(OC)cc1)C(=O)CN(c1cc(Cl)cc(Cl)c1)S(=O)(=O)c1ccccc1. The van der Waals surface area contributed by atoms with Crippen molar-refractivity contribution in [1.82, 2.24) is 10.2 Å². The molecule has 0 bridgehead atoms. The van der Waals surface area contributed by atoms with Gasteiger partial charge < -0.3 is 15.0 Å². The summed E-state index contributed by atoms with van der Waals surface area (Å²) < 4.78 is 33.7. The minimum absolute atomic E-state index is 0.00987. The van der Waals surface area contributed by atoms with Gasteiger partial charge in [-0.05, 0) is 61.4 Å². The van der Waals surface area contributed by atoms with Gasteiger partial charge in [-0.15, -0.1) is 0 Å². The maximum Gasteiger partial charge on any atom is 0.264 e. The molecule has 0 aromatic heterocycles. The molecule has 0 unspecified atom stereocenters. The summed E-state index contributed by atoms with van der Waals surface area (Å²) in [7, 11) is -2.66. The second kappa shape index (κ2) is 13.7. The normalized spacial score (nSPS) is 11.9. The molecule has 39 heavy (non-hydrogen) atoms. The van der Waals surface area contributed by atoms with Gasteiger partial charge >= 0.3 is 0 Å². The molecule has 11 heteroatoms. The Kier molecular flexibility index (Phi) is 10.6. The summed E-state index contributed by atoms with van der Waals surface area (Å²) in [6.45, 7) is 3.46. The van der Waals surface area contributed by atoms with E-state index in [2.05, 4.69) is 5.32 Å². The van der Waals surface area contributed by atoms with Gasteiger partial charge in [-0.25, -0.2) is 8.42 Å². The van der Waals surface area contributed by atoms with Gasteiger partial charge in [0, 0.05) is 23.1 Å². The highest BCUT2D eigenvalue weighted by Crippen LogP contribution is 2.30. The van der Waals surface area contributed by atoms with Crippen LogP contribution in [0.5, 0.6) is 5.75 Å². The number of anilines is 1. The molecule has 0 aliphatic rings. The average Bonchev–Trinajstić information content (AvgIpc) is 2.92. The van der Waals surface area contributed by atoms with E-state index < -0.39 is 28.5 Å². The minimum Gasteiger partial charge on any atom is -0.497 e. The summed E-state index contributed by atoms with van der Waals surface area (Å²) in [6.07, 6.45) is 0.726. The second-order valence-electron chi connectivity index (χ2n) is 8.79. The summed E-state index contributed by atoms with van der Waals surface area (Å²) in [5, 5.41) is 3.23. The Labute approximate surface area is 239 Å². The van der Waals surface area contributed by atoms with Crippen LogP contribution in [0, 0.1) is 0 Å². The van der Waals surface area contributed by atoms with E-state index in [1.54, 1.807) is 56.5 Å². The van der Waals surface area contributed by atoms with E-state index in [1.165, 1.54) is 35.2 Å². The number of carbonyl (C=O) groups excluding carboxylic acids is 2. The van der Waals surface area contributed by atoms with E-state index >= 15 is 0 Å². The molecule has 0 heterocycles. The molecule has 0 saturated carbocycles. The van der Waals surface area contributed by atoms with Gasteiger partial charge in [-0.2, -0.15) is 0 Å². The Hall–Kier alpha value is -3.27. The van der Waals surface area contributed by atoms with Crippen molar-refractivity contribution in [2.24, 2.45) is 0 Å². The fraction of sp³-hybridized carbons (Fsp3) is 0.286. The van der Waals surface area contributed by atoms with Crippen molar-refractivity contribution in [3.05, 3.63) is 88.4 Å². The van der Waals surface area contributed by atoms with Gasteiger partial charge in [-0.3, -0.25) is 13.9 Å². The number of ether oxygens (including phenoxy) is 1. The van der Waals surface area contributed by atoms with Crippen LogP contribution >= 0.6 is 23.2 Å². The molecule has 0 saturated heterocycles. The molecule has 0 aliphatic carbocycles. The quantitative estimate of drug-likeness (QED) is 0.314. The van der Waals surface area contributed by atoms with E-state index in [1.807, 2.05) is 6.92 Å². The molecule has 0 aliphatic heterocycles. The molecule has 0 spiro atoms. The van der Waals surface area contributed by atoms with E-state index in [0.29, 0.717) is 12.3 Å². The number of hydrogen-bond acceptors (Lipinski definition) is 5. The lowest BCUT2D eigenvalue weighted by molar-refractivity contribution is -0.139. The van der Waals surface area contributed by atoms with Crippen molar-refractivity contribution < 1.29 is 22.7 Å². The predicted octanol–water partition coefficient (Wildman–Crippen LogP) is 5.14. The third-order valence-corrected chi connectivity index (χ3v) is 8.20. The van der Waals surface area contributed by atoms with E-state index in [4.69, 9.17) is 27.9 Å². The number of methoxy groups -OCH3 is 1. The number of sulfonamides is 1. The zero-order valence-electron chi connectivity index (χ0n) is 21.9. The minimum atomic E-state index is -4.21. The molecule has 3 rings (SSSR count). The van der Waals surface area contributed by atoms with Crippen LogP contribution in [0.4, 0.5) is 5.69 Å². The first-order valence-corrected chi connectivity index (χ1v) is 14.5. The van der Waals surface area contributed by atoms with Gasteiger partial charge in [-0.1, -0.05) is 60.5 Å². The first-order chi connectivity index (χ1) is 18.6. The first-order valence-electron chi connectivity index (χ1n) is 12.3. The van der Waals surface area contributed by atoms with Crippen molar-refractivity contribution in [3.8, 4) is 5.75 Å².